The number of carbonyl (C=O) groups is 1. The molecule has 124 valence electrons. The molecule has 1 saturated heterocycles. The molecule has 1 unspecified atom stereocenters. The van der Waals surface area contributed by atoms with Gasteiger partial charge in [0.2, 0.25) is 0 Å². The molecule has 7 nitrogen and oxygen atoms in total. The second-order valence-electron chi connectivity index (χ2n) is 5.31. The smallest absolute Gasteiger partial charge is 0.267 e. The van der Waals surface area contributed by atoms with Crippen molar-refractivity contribution in [1.82, 2.24) is 19.4 Å². The number of aliphatic hydroxyl groups excluding tert-OH is 1. The van der Waals surface area contributed by atoms with Crippen LogP contribution in [0.1, 0.15) is 29.2 Å². The van der Waals surface area contributed by atoms with Gasteiger partial charge >= 0.3 is 0 Å². The van der Waals surface area contributed by atoms with Crippen LogP contribution in [0.4, 0.5) is 0 Å². The Morgan fingerprint density at radius 1 is 1.36 bits per heavy atom. The van der Waals surface area contributed by atoms with E-state index in [1.165, 1.54) is 11.5 Å². The zero-order chi connectivity index (χ0) is 15.9. The number of carbonyl (C=O) groups excluding carboxylic acids is 1. The van der Waals surface area contributed by atoms with E-state index >= 15 is 0 Å². The molecule has 0 aliphatic carbocycles. The molecule has 2 heterocycles. The average molecular weight is 328 g/mol. The molecule has 1 amide bonds. The maximum Gasteiger partial charge on any atom is 0.267 e. The SMILES string of the molecule is CCOCC(O)CN1CCN(C(=O)c2snnc2CC)CC1. The van der Waals surface area contributed by atoms with E-state index in [9.17, 15) is 9.90 Å². The van der Waals surface area contributed by atoms with Gasteiger partial charge in [-0.1, -0.05) is 11.4 Å². The van der Waals surface area contributed by atoms with Crippen LogP contribution in [-0.4, -0.2) is 82.4 Å². The van der Waals surface area contributed by atoms with Gasteiger partial charge in [0.05, 0.1) is 18.4 Å². The Hall–Kier alpha value is -1.09. The maximum atomic E-state index is 12.5. The highest BCUT2D eigenvalue weighted by Gasteiger charge is 2.26. The zero-order valence-electron chi connectivity index (χ0n) is 13.2. The van der Waals surface area contributed by atoms with E-state index < -0.39 is 6.10 Å². The van der Waals surface area contributed by atoms with Gasteiger partial charge in [0.15, 0.2) is 0 Å². The first-order chi connectivity index (χ1) is 10.7. The highest BCUT2D eigenvalue weighted by atomic mass is 32.1. The van der Waals surface area contributed by atoms with Gasteiger partial charge in [-0.25, -0.2) is 0 Å². The number of aliphatic hydroxyl groups is 1. The molecular weight excluding hydrogens is 304 g/mol. The molecular formula is C14H24N4O3S. The van der Waals surface area contributed by atoms with Gasteiger partial charge in [-0.05, 0) is 24.9 Å². The first-order valence-electron chi connectivity index (χ1n) is 7.74. The minimum Gasteiger partial charge on any atom is -0.389 e. The Kier molecular flexibility index (Phi) is 6.69. The first kappa shape index (κ1) is 17.3. The molecule has 1 N–H and O–H groups in total. The predicted molar refractivity (Wildman–Crippen MR) is 84.1 cm³/mol. The van der Waals surface area contributed by atoms with Crippen molar-refractivity contribution in [3.05, 3.63) is 10.6 Å². The third-order valence-electron chi connectivity index (χ3n) is 3.73. The van der Waals surface area contributed by atoms with Crippen molar-refractivity contribution in [3.63, 3.8) is 0 Å². The fourth-order valence-electron chi connectivity index (χ4n) is 2.48. The summed E-state index contributed by atoms with van der Waals surface area (Å²) < 4.78 is 9.10. The van der Waals surface area contributed by atoms with Crippen LogP contribution < -0.4 is 0 Å². The Labute approximate surface area is 135 Å². The van der Waals surface area contributed by atoms with Gasteiger partial charge in [-0.15, -0.1) is 5.10 Å². The minimum absolute atomic E-state index is 0.0290. The van der Waals surface area contributed by atoms with Crippen LogP contribution in [-0.2, 0) is 11.2 Å². The van der Waals surface area contributed by atoms with Crippen LogP contribution >= 0.6 is 11.5 Å². The van der Waals surface area contributed by atoms with Crippen molar-refractivity contribution in [2.45, 2.75) is 26.4 Å². The summed E-state index contributed by atoms with van der Waals surface area (Å²) >= 11 is 1.17. The number of aromatic nitrogens is 2. The molecule has 0 radical (unpaired) electrons. The van der Waals surface area contributed by atoms with Crippen molar-refractivity contribution in [1.29, 1.82) is 0 Å². The maximum absolute atomic E-state index is 12.5. The Morgan fingerprint density at radius 2 is 2.09 bits per heavy atom. The van der Waals surface area contributed by atoms with E-state index in [0.717, 1.165) is 25.2 Å². The molecule has 1 aliphatic rings. The van der Waals surface area contributed by atoms with E-state index in [1.54, 1.807) is 0 Å². The molecule has 1 aromatic heterocycles. The number of ether oxygens (including phenoxy) is 1. The molecule has 1 aliphatic heterocycles. The summed E-state index contributed by atoms with van der Waals surface area (Å²) in [5, 5.41) is 13.9. The fourth-order valence-corrected chi connectivity index (χ4v) is 3.20. The lowest BCUT2D eigenvalue weighted by Crippen LogP contribution is -2.50. The number of piperazine rings is 1. The van der Waals surface area contributed by atoms with Crippen molar-refractivity contribution in [2.75, 3.05) is 45.9 Å². The number of aryl methyl sites for hydroxylation is 1. The Bertz CT molecular complexity index is 474. The van der Waals surface area contributed by atoms with E-state index in [1.807, 2.05) is 18.7 Å². The molecule has 1 fully saturated rings. The van der Waals surface area contributed by atoms with E-state index in [4.69, 9.17) is 4.74 Å². The second-order valence-corrected chi connectivity index (χ2v) is 6.06. The number of β-amino-alcohol motifs (C(OH)–C–C–N with tert-alkyl or cyclic N) is 1. The second kappa shape index (κ2) is 8.52. The topological polar surface area (TPSA) is 78.8 Å². The predicted octanol–water partition coefficient (Wildman–Crippen LogP) is 0.256. The van der Waals surface area contributed by atoms with E-state index in [0.29, 0.717) is 37.7 Å². The zero-order valence-corrected chi connectivity index (χ0v) is 14.0. The van der Waals surface area contributed by atoms with Crippen LogP contribution in [0.2, 0.25) is 0 Å². The number of rotatable bonds is 7. The van der Waals surface area contributed by atoms with Crippen LogP contribution in [0.3, 0.4) is 0 Å². The summed E-state index contributed by atoms with van der Waals surface area (Å²) in [4.78, 5) is 17.2. The fraction of sp³-hybridized carbons (Fsp3) is 0.786. The lowest BCUT2D eigenvalue weighted by molar-refractivity contribution is 0.0112. The summed E-state index contributed by atoms with van der Waals surface area (Å²) in [6, 6.07) is 0. The summed E-state index contributed by atoms with van der Waals surface area (Å²) in [5.74, 6) is 0.0290. The largest absolute Gasteiger partial charge is 0.389 e. The monoisotopic (exact) mass is 328 g/mol. The molecule has 1 aromatic rings. The third kappa shape index (κ3) is 4.45. The third-order valence-corrected chi connectivity index (χ3v) is 4.48. The number of nitrogens with zero attached hydrogens (tertiary/aromatic N) is 4. The Balaban J connectivity index is 1.80. The van der Waals surface area contributed by atoms with Gasteiger partial charge < -0.3 is 14.7 Å². The Morgan fingerprint density at radius 3 is 2.73 bits per heavy atom. The van der Waals surface area contributed by atoms with Gasteiger partial charge in [0.1, 0.15) is 4.88 Å². The molecule has 0 aromatic carbocycles. The van der Waals surface area contributed by atoms with Crippen molar-refractivity contribution in [2.24, 2.45) is 0 Å². The summed E-state index contributed by atoms with van der Waals surface area (Å²) in [6.45, 7) is 8.32. The number of amides is 1. The standard InChI is InChI=1S/C14H24N4O3S/c1-3-12-13(22-16-15-12)14(20)18-7-5-17(6-8-18)9-11(19)10-21-4-2/h11,19H,3-10H2,1-2H3. The highest BCUT2D eigenvalue weighted by molar-refractivity contribution is 7.08. The molecule has 0 saturated carbocycles. The first-order valence-corrected chi connectivity index (χ1v) is 8.51. The van der Waals surface area contributed by atoms with Gasteiger partial charge in [-0.3, -0.25) is 9.69 Å². The van der Waals surface area contributed by atoms with Gasteiger partial charge in [0, 0.05) is 39.3 Å². The van der Waals surface area contributed by atoms with Crippen molar-refractivity contribution >= 4 is 17.4 Å². The van der Waals surface area contributed by atoms with Crippen LogP contribution in [0.5, 0.6) is 0 Å². The van der Waals surface area contributed by atoms with Crippen LogP contribution in [0.25, 0.3) is 0 Å². The minimum atomic E-state index is -0.473. The summed E-state index contributed by atoms with van der Waals surface area (Å²) in [5.41, 5.74) is 0.782. The van der Waals surface area contributed by atoms with Gasteiger partial charge in [0.25, 0.3) is 5.91 Å². The van der Waals surface area contributed by atoms with E-state index in [2.05, 4.69) is 14.5 Å². The lowest BCUT2D eigenvalue weighted by Gasteiger charge is -2.35. The molecule has 8 heteroatoms. The molecule has 0 bridgehead atoms. The molecule has 0 spiro atoms. The van der Waals surface area contributed by atoms with E-state index in [-0.39, 0.29) is 5.91 Å². The highest BCUT2D eigenvalue weighted by Crippen LogP contribution is 2.16. The van der Waals surface area contributed by atoms with Crippen molar-refractivity contribution < 1.29 is 14.6 Å². The molecule has 2 rings (SSSR count). The number of hydrogen-bond donors (Lipinski definition) is 1. The molecule has 22 heavy (non-hydrogen) atoms. The number of hydrogen-bond acceptors (Lipinski definition) is 7. The lowest BCUT2D eigenvalue weighted by atomic mass is 10.2. The normalized spacial score (nSPS) is 17.7. The molecule has 1 atom stereocenters. The summed E-state index contributed by atoms with van der Waals surface area (Å²) in [6.07, 6.45) is 0.251. The van der Waals surface area contributed by atoms with Crippen LogP contribution in [0, 0.1) is 0 Å². The summed E-state index contributed by atoms with van der Waals surface area (Å²) in [7, 11) is 0. The quantitative estimate of drug-likeness (QED) is 0.773. The van der Waals surface area contributed by atoms with Crippen molar-refractivity contribution in [3.8, 4) is 0 Å². The van der Waals surface area contributed by atoms with Crippen LogP contribution in [0.15, 0.2) is 0 Å². The van der Waals surface area contributed by atoms with Gasteiger partial charge in [-0.2, -0.15) is 0 Å². The average Bonchev–Trinajstić information content (AvgIpc) is 3.01.